The summed E-state index contributed by atoms with van der Waals surface area (Å²) >= 11 is 0. The van der Waals surface area contributed by atoms with Crippen molar-refractivity contribution in [3.8, 4) is 0 Å². The van der Waals surface area contributed by atoms with E-state index in [1.165, 1.54) is 0 Å². The number of carbonyl (C=O) groups excluding carboxylic acids is 1. The van der Waals surface area contributed by atoms with Crippen molar-refractivity contribution in [1.29, 1.82) is 0 Å². The lowest BCUT2D eigenvalue weighted by Crippen LogP contribution is -2.46. The molecule has 1 amide bonds. The number of nitrogens with zero attached hydrogens (tertiary/aromatic N) is 2. The average Bonchev–Trinajstić information content (AvgIpc) is 3.14. The second-order valence-electron chi connectivity index (χ2n) is 8.43. The van der Waals surface area contributed by atoms with Crippen LogP contribution < -0.4 is 5.32 Å². The highest BCUT2D eigenvalue weighted by Gasteiger charge is 2.35. The van der Waals surface area contributed by atoms with Crippen LogP contribution in [0.5, 0.6) is 0 Å². The number of amidine groups is 1. The maximum Gasteiger partial charge on any atom is 0.285 e. The van der Waals surface area contributed by atoms with Crippen LogP contribution in [0, 0.1) is 5.92 Å². The third kappa shape index (κ3) is 4.28. The van der Waals surface area contributed by atoms with Crippen molar-refractivity contribution >= 4 is 21.8 Å². The fourth-order valence-corrected chi connectivity index (χ4v) is 5.84. The van der Waals surface area contributed by atoms with Crippen molar-refractivity contribution in [2.45, 2.75) is 23.8 Å². The first-order chi connectivity index (χ1) is 16.0. The Morgan fingerprint density at radius 2 is 1.52 bits per heavy atom. The van der Waals surface area contributed by atoms with Gasteiger partial charge in [-0.2, -0.15) is 8.42 Å². The predicted octanol–water partition coefficient (Wildman–Crippen LogP) is 3.75. The quantitative estimate of drug-likeness (QED) is 0.645. The molecule has 0 saturated carbocycles. The molecule has 0 radical (unpaired) electrons. The molecule has 1 saturated heterocycles. The van der Waals surface area contributed by atoms with E-state index in [-0.39, 0.29) is 22.8 Å². The van der Waals surface area contributed by atoms with Gasteiger partial charge in [0.25, 0.3) is 10.0 Å². The molecule has 2 aliphatic heterocycles. The molecule has 0 spiro atoms. The van der Waals surface area contributed by atoms with Gasteiger partial charge >= 0.3 is 0 Å². The Balaban J connectivity index is 1.37. The zero-order valence-electron chi connectivity index (χ0n) is 18.1. The first-order valence-electron chi connectivity index (χ1n) is 11.1. The molecule has 2 heterocycles. The van der Waals surface area contributed by atoms with Gasteiger partial charge < -0.3 is 10.2 Å². The fourth-order valence-electron chi connectivity index (χ4n) is 4.61. The average molecular weight is 460 g/mol. The van der Waals surface area contributed by atoms with Gasteiger partial charge in [0, 0.05) is 18.7 Å². The summed E-state index contributed by atoms with van der Waals surface area (Å²) in [5, 5.41) is 3.24. The van der Waals surface area contributed by atoms with Crippen LogP contribution in [-0.2, 0) is 14.8 Å². The minimum atomic E-state index is -3.69. The number of hydrogen-bond donors (Lipinski definition) is 1. The van der Waals surface area contributed by atoms with Crippen LogP contribution in [0.25, 0.3) is 0 Å². The van der Waals surface area contributed by atoms with Crippen molar-refractivity contribution in [3.05, 3.63) is 102 Å². The zero-order valence-corrected chi connectivity index (χ0v) is 18.9. The number of amides is 1. The van der Waals surface area contributed by atoms with E-state index >= 15 is 0 Å². The van der Waals surface area contributed by atoms with E-state index in [1.807, 2.05) is 71.6 Å². The zero-order chi connectivity index (χ0) is 22.8. The maximum absolute atomic E-state index is 13.4. The second-order valence-corrected chi connectivity index (χ2v) is 10.0. The van der Waals surface area contributed by atoms with E-state index in [0.29, 0.717) is 24.5 Å². The molecule has 0 aromatic heterocycles. The molecular formula is C26H25N3O3S. The largest absolute Gasteiger partial charge is 0.355 e. The maximum atomic E-state index is 13.4. The summed E-state index contributed by atoms with van der Waals surface area (Å²) < 4.78 is 29.0. The van der Waals surface area contributed by atoms with Crippen LogP contribution in [0.4, 0.5) is 0 Å². The summed E-state index contributed by atoms with van der Waals surface area (Å²) in [4.78, 5) is 15.6. The van der Waals surface area contributed by atoms with Crippen LogP contribution in [-0.4, -0.2) is 38.2 Å². The minimum absolute atomic E-state index is 0.0351. The lowest BCUT2D eigenvalue weighted by molar-refractivity contribution is -0.126. The Morgan fingerprint density at radius 3 is 2.18 bits per heavy atom. The molecule has 33 heavy (non-hydrogen) atoms. The number of carbonyl (C=O) groups is 1. The summed E-state index contributed by atoms with van der Waals surface area (Å²) in [5.41, 5.74) is 2.65. The van der Waals surface area contributed by atoms with E-state index in [9.17, 15) is 13.2 Å². The molecule has 168 valence electrons. The Hall–Kier alpha value is -3.45. The van der Waals surface area contributed by atoms with Gasteiger partial charge in [-0.25, -0.2) is 0 Å². The number of piperidine rings is 1. The normalized spacial score (nSPS) is 19.1. The van der Waals surface area contributed by atoms with Gasteiger partial charge in [0.2, 0.25) is 5.91 Å². The SMILES string of the molecule is O=C(NC(c1ccccc1)c1ccccc1)[C@@H]1CCCN(C2=NS(=O)(=O)c3ccccc32)C1. The Morgan fingerprint density at radius 1 is 0.909 bits per heavy atom. The van der Waals surface area contributed by atoms with E-state index in [4.69, 9.17) is 0 Å². The smallest absolute Gasteiger partial charge is 0.285 e. The van der Waals surface area contributed by atoms with Crippen LogP contribution in [0.2, 0.25) is 0 Å². The van der Waals surface area contributed by atoms with Crippen molar-refractivity contribution in [2.75, 3.05) is 13.1 Å². The van der Waals surface area contributed by atoms with Gasteiger partial charge in [-0.05, 0) is 36.1 Å². The molecule has 0 bridgehead atoms. The van der Waals surface area contributed by atoms with E-state index in [2.05, 4.69) is 9.71 Å². The van der Waals surface area contributed by atoms with Crippen molar-refractivity contribution < 1.29 is 13.2 Å². The van der Waals surface area contributed by atoms with Gasteiger partial charge in [-0.3, -0.25) is 4.79 Å². The van der Waals surface area contributed by atoms with Gasteiger partial charge in [-0.15, -0.1) is 4.40 Å². The third-order valence-corrected chi connectivity index (χ3v) is 7.58. The molecule has 0 unspecified atom stereocenters. The van der Waals surface area contributed by atoms with E-state index in [1.54, 1.807) is 18.2 Å². The van der Waals surface area contributed by atoms with Crippen LogP contribution >= 0.6 is 0 Å². The summed E-state index contributed by atoms with van der Waals surface area (Å²) in [7, 11) is -3.69. The van der Waals surface area contributed by atoms with E-state index in [0.717, 1.165) is 24.0 Å². The summed E-state index contributed by atoms with van der Waals surface area (Å²) in [5.74, 6) is 0.157. The summed E-state index contributed by atoms with van der Waals surface area (Å²) in [6.07, 6.45) is 1.54. The minimum Gasteiger partial charge on any atom is -0.355 e. The molecule has 1 fully saturated rings. The molecule has 3 aromatic rings. The van der Waals surface area contributed by atoms with Crippen LogP contribution in [0.15, 0.2) is 94.2 Å². The summed E-state index contributed by atoms with van der Waals surface area (Å²) in [6.45, 7) is 1.11. The third-order valence-electron chi connectivity index (χ3n) is 6.26. The van der Waals surface area contributed by atoms with Crippen molar-refractivity contribution in [3.63, 3.8) is 0 Å². The molecule has 1 N–H and O–H groups in total. The molecule has 7 heteroatoms. The standard InChI is InChI=1S/C26H25N3O3S/c30-26(27-24(19-10-3-1-4-11-19)20-12-5-2-6-13-20)21-14-9-17-29(18-21)25-22-15-7-8-16-23(22)33(31,32)28-25/h1-8,10-13,15-16,21,24H,9,14,17-18H2,(H,27,30)/t21-/m1/s1. The molecule has 3 aromatic carbocycles. The number of rotatable bonds is 4. The lowest BCUT2D eigenvalue weighted by atomic mass is 9.94. The lowest BCUT2D eigenvalue weighted by Gasteiger charge is -2.34. The first-order valence-corrected chi connectivity index (χ1v) is 12.6. The van der Waals surface area contributed by atoms with Gasteiger partial charge in [0.15, 0.2) is 5.84 Å². The number of sulfonamides is 1. The number of fused-ring (bicyclic) bond motifs is 1. The highest BCUT2D eigenvalue weighted by molar-refractivity contribution is 7.90. The van der Waals surface area contributed by atoms with Gasteiger partial charge in [0.1, 0.15) is 4.90 Å². The fraction of sp³-hybridized carbons (Fsp3) is 0.231. The molecule has 6 nitrogen and oxygen atoms in total. The highest BCUT2D eigenvalue weighted by atomic mass is 32.2. The Labute approximate surface area is 194 Å². The topological polar surface area (TPSA) is 78.8 Å². The Bertz CT molecular complexity index is 1250. The van der Waals surface area contributed by atoms with Gasteiger partial charge in [0.05, 0.1) is 12.0 Å². The Kier molecular flexibility index (Phi) is 5.72. The molecular weight excluding hydrogens is 434 g/mol. The van der Waals surface area contributed by atoms with Crippen LogP contribution in [0.3, 0.4) is 0 Å². The number of nitrogens with one attached hydrogen (secondary N) is 1. The van der Waals surface area contributed by atoms with Crippen LogP contribution in [0.1, 0.15) is 35.6 Å². The van der Waals surface area contributed by atoms with Gasteiger partial charge in [-0.1, -0.05) is 72.8 Å². The monoisotopic (exact) mass is 459 g/mol. The highest BCUT2D eigenvalue weighted by Crippen LogP contribution is 2.30. The predicted molar refractivity (Wildman–Crippen MR) is 127 cm³/mol. The molecule has 5 rings (SSSR count). The van der Waals surface area contributed by atoms with E-state index < -0.39 is 10.0 Å². The summed E-state index contributed by atoms with van der Waals surface area (Å²) in [6, 6.07) is 26.5. The van der Waals surface area contributed by atoms with Crippen molar-refractivity contribution in [2.24, 2.45) is 10.3 Å². The number of likely N-dealkylation sites (tertiary alicyclic amines) is 1. The first kappa shape index (κ1) is 21.4. The molecule has 2 aliphatic rings. The number of hydrogen-bond acceptors (Lipinski definition) is 4. The second kappa shape index (κ2) is 8.83. The molecule has 0 aliphatic carbocycles. The number of benzene rings is 3. The molecule has 1 atom stereocenters. The van der Waals surface area contributed by atoms with Crippen molar-refractivity contribution in [1.82, 2.24) is 10.2 Å².